The molecule has 3 rings (SSSR count). The second-order valence-corrected chi connectivity index (χ2v) is 7.24. The first-order chi connectivity index (χ1) is 11.4. The monoisotopic (exact) mass is 380 g/mol. The highest BCUT2D eigenvalue weighted by molar-refractivity contribution is 7.99. The summed E-state index contributed by atoms with van der Waals surface area (Å²) in [6.07, 6.45) is 3.20. The van der Waals surface area contributed by atoms with E-state index in [-0.39, 0.29) is 22.6 Å². The summed E-state index contributed by atoms with van der Waals surface area (Å²) in [6.45, 7) is 3.90. The zero-order valence-corrected chi connectivity index (χ0v) is 15.3. The highest BCUT2D eigenvalue weighted by Gasteiger charge is 2.15. The Labute approximate surface area is 152 Å². The van der Waals surface area contributed by atoms with Crippen LogP contribution >= 0.6 is 35.0 Å². The smallest absolute Gasteiger partial charge is 0.260 e. The number of aromatic nitrogens is 3. The Balaban J connectivity index is 2.14. The van der Waals surface area contributed by atoms with E-state index in [1.54, 1.807) is 10.8 Å². The molecule has 0 atom stereocenters. The molecule has 24 heavy (non-hydrogen) atoms. The van der Waals surface area contributed by atoms with Crippen LogP contribution in [0.25, 0.3) is 10.8 Å². The van der Waals surface area contributed by atoms with Crippen LogP contribution in [0.2, 0.25) is 10.2 Å². The number of hydrogen-bond donors (Lipinski definition) is 1. The third-order valence-corrected chi connectivity index (χ3v) is 5.25. The fourth-order valence-electron chi connectivity index (χ4n) is 2.32. The van der Waals surface area contributed by atoms with Crippen molar-refractivity contribution in [2.75, 3.05) is 5.73 Å². The van der Waals surface area contributed by atoms with Crippen molar-refractivity contribution >= 4 is 51.6 Å². The van der Waals surface area contributed by atoms with E-state index in [2.05, 4.69) is 9.97 Å². The van der Waals surface area contributed by atoms with Crippen molar-refractivity contribution in [1.29, 1.82) is 0 Å². The number of nitrogens with zero attached hydrogens (tertiary/aromatic N) is 3. The fraction of sp³-hybridized carbons (Fsp3) is 0.188. The second-order valence-electron chi connectivity index (χ2n) is 5.45. The van der Waals surface area contributed by atoms with Crippen molar-refractivity contribution in [2.24, 2.45) is 0 Å². The summed E-state index contributed by atoms with van der Waals surface area (Å²) in [5.41, 5.74) is 5.72. The number of fused-ring (bicyclic) bond motifs is 1. The van der Waals surface area contributed by atoms with Gasteiger partial charge in [-0.1, -0.05) is 41.0 Å². The van der Waals surface area contributed by atoms with Crippen LogP contribution in [-0.2, 0) is 0 Å². The van der Waals surface area contributed by atoms with Gasteiger partial charge in [0.1, 0.15) is 10.2 Å². The molecule has 2 N–H and O–H groups in total. The lowest BCUT2D eigenvalue weighted by Gasteiger charge is -2.13. The van der Waals surface area contributed by atoms with E-state index in [4.69, 9.17) is 28.9 Å². The average molecular weight is 381 g/mol. The van der Waals surface area contributed by atoms with E-state index in [1.807, 2.05) is 32.0 Å². The Hall–Kier alpha value is -1.76. The van der Waals surface area contributed by atoms with Crippen molar-refractivity contribution in [2.45, 2.75) is 29.8 Å². The molecular weight excluding hydrogens is 367 g/mol. The van der Waals surface area contributed by atoms with Crippen molar-refractivity contribution in [3.63, 3.8) is 0 Å². The minimum absolute atomic E-state index is 0.0482. The molecule has 0 unspecified atom stereocenters. The number of benzene rings is 1. The predicted molar refractivity (Wildman–Crippen MR) is 99.2 cm³/mol. The van der Waals surface area contributed by atoms with Crippen molar-refractivity contribution in [3.8, 4) is 0 Å². The molecule has 0 radical (unpaired) electrons. The average Bonchev–Trinajstić information content (AvgIpc) is 2.52. The fourth-order valence-corrected chi connectivity index (χ4v) is 3.62. The molecule has 124 valence electrons. The maximum absolute atomic E-state index is 12.7. The van der Waals surface area contributed by atoms with E-state index in [1.165, 1.54) is 18.0 Å². The van der Waals surface area contributed by atoms with E-state index in [0.717, 1.165) is 5.39 Å². The van der Waals surface area contributed by atoms with Gasteiger partial charge in [0.05, 0.1) is 16.6 Å². The molecule has 0 aliphatic heterocycles. The van der Waals surface area contributed by atoms with Gasteiger partial charge in [0.25, 0.3) is 5.56 Å². The largest absolute Gasteiger partial charge is 0.381 e. The number of anilines is 1. The number of halogens is 2. The number of nitrogen functional groups attached to an aromatic ring is 1. The molecule has 0 saturated carbocycles. The number of nitrogens with two attached hydrogens (primary N) is 1. The quantitative estimate of drug-likeness (QED) is 0.727. The summed E-state index contributed by atoms with van der Waals surface area (Å²) < 4.78 is 1.65. The van der Waals surface area contributed by atoms with Gasteiger partial charge in [-0.05, 0) is 31.4 Å². The van der Waals surface area contributed by atoms with Crippen molar-refractivity contribution in [3.05, 3.63) is 51.1 Å². The van der Waals surface area contributed by atoms with Gasteiger partial charge in [-0.2, -0.15) is 0 Å². The van der Waals surface area contributed by atoms with Gasteiger partial charge in [-0.3, -0.25) is 4.79 Å². The predicted octanol–water partition coefficient (Wildman–Crippen LogP) is 4.41. The van der Waals surface area contributed by atoms with Crippen LogP contribution in [0.3, 0.4) is 0 Å². The van der Waals surface area contributed by atoms with Crippen LogP contribution in [0.5, 0.6) is 0 Å². The molecule has 0 aliphatic carbocycles. The Kier molecular flexibility index (Phi) is 4.71. The van der Waals surface area contributed by atoms with Crippen molar-refractivity contribution in [1.82, 2.24) is 14.5 Å². The number of rotatable bonds is 3. The van der Waals surface area contributed by atoms with E-state index >= 15 is 0 Å². The summed E-state index contributed by atoms with van der Waals surface area (Å²) in [6, 6.07) is 5.62. The molecule has 0 spiro atoms. The van der Waals surface area contributed by atoms with Gasteiger partial charge in [-0.25, -0.2) is 9.97 Å². The summed E-state index contributed by atoms with van der Waals surface area (Å²) in [5.74, 6) is 0.219. The lowest BCUT2D eigenvalue weighted by atomic mass is 10.1. The van der Waals surface area contributed by atoms with Gasteiger partial charge >= 0.3 is 0 Å². The minimum atomic E-state index is -0.120. The first-order valence-electron chi connectivity index (χ1n) is 7.17. The minimum Gasteiger partial charge on any atom is -0.381 e. The highest BCUT2D eigenvalue weighted by atomic mass is 35.5. The summed E-state index contributed by atoms with van der Waals surface area (Å²) in [7, 11) is 0. The van der Waals surface area contributed by atoms with E-state index in [9.17, 15) is 4.79 Å². The molecule has 0 saturated heterocycles. The van der Waals surface area contributed by atoms with Gasteiger partial charge in [0.2, 0.25) is 0 Å². The zero-order chi connectivity index (χ0) is 17.4. The number of hydrogen-bond acceptors (Lipinski definition) is 5. The topological polar surface area (TPSA) is 73.8 Å². The third kappa shape index (κ3) is 3.09. The summed E-state index contributed by atoms with van der Waals surface area (Å²) >= 11 is 13.5. The summed E-state index contributed by atoms with van der Waals surface area (Å²) in [4.78, 5) is 21.5. The molecule has 0 bridgehead atoms. The third-order valence-electron chi connectivity index (χ3n) is 3.50. The normalized spacial score (nSPS) is 11.4. The molecule has 8 heteroatoms. The van der Waals surface area contributed by atoms with Crippen LogP contribution in [0.4, 0.5) is 5.82 Å². The van der Waals surface area contributed by atoms with Gasteiger partial charge in [0.15, 0.2) is 5.82 Å². The molecule has 1 aromatic carbocycles. The molecular formula is C16H14Cl2N4OS. The molecule has 5 nitrogen and oxygen atoms in total. The maximum Gasteiger partial charge on any atom is 0.260 e. The molecule has 3 aromatic rings. The van der Waals surface area contributed by atoms with Gasteiger partial charge in [-0.15, -0.1) is 0 Å². The number of pyridine rings is 1. The standard InChI is InChI=1S/C16H14Cl2N4OS/c1-8(2)22-6-5-9-3-4-10(13(18)12(9)16(22)23)24-15-14(19)21-11(17)7-20-15/h3-8H,1-2H3,(H2,19,21). The Bertz CT molecular complexity index is 988. The first kappa shape index (κ1) is 17.1. The molecule has 0 aliphatic rings. The molecule has 2 aromatic heterocycles. The van der Waals surface area contributed by atoms with Crippen LogP contribution < -0.4 is 11.3 Å². The maximum atomic E-state index is 12.7. The van der Waals surface area contributed by atoms with Crippen LogP contribution in [-0.4, -0.2) is 14.5 Å². The highest BCUT2D eigenvalue weighted by Crippen LogP contribution is 2.37. The first-order valence-corrected chi connectivity index (χ1v) is 8.75. The molecule has 0 amide bonds. The van der Waals surface area contributed by atoms with Crippen molar-refractivity contribution < 1.29 is 0 Å². The second kappa shape index (κ2) is 6.63. The van der Waals surface area contributed by atoms with Crippen LogP contribution in [0.15, 0.2) is 45.3 Å². The summed E-state index contributed by atoms with van der Waals surface area (Å²) in [5, 5.41) is 2.37. The molecule has 0 fully saturated rings. The van der Waals surface area contributed by atoms with Crippen LogP contribution in [0, 0.1) is 0 Å². The van der Waals surface area contributed by atoms with E-state index < -0.39 is 0 Å². The molecule has 2 heterocycles. The van der Waals surface area contributed by atoms with Gasteiger partial charge in [0, 0.05) is 17.1 Å². The Morgan fingerprint density at radius 3 is 2.67 bits per heavy atom. The van der Waals surface area contributed by atoms with Crippen LogP contribution in [0.1, 0.15) is 19.9 Å². The van der Waals surface area contributed by atoms with Gasteiger partial charge < -0.3 is 10.3 Å². The Morgan fingerprint density at radius 1 is 1.25 bits per heavy atom. The Morgan fingerprint density at radius 2 is 2.00 bits per heavy atom. The lowest BCUT2D eigenvalue weighted by Crippen LogP contribution is -2.21. The van der Waals surface area contributed by atoms with E-state index in [0.29, 0.717) is 20.3 Å². The lowest BCUT2D eigenvalue weighted by molar-refractivity contribution is 0.582. The zero-order valence-electron chi connectivity index (χ0n) is 13.0. The SMILES string of the molecule is CC(C)n1ccc2ccc(Sc3ncc(Cl)nc3N)c(Cl)c2c1=O.